The van der Waals surface area contributed by atoms with E-state index in [0.29, 0.717) is 11.1 Å². The van der Waals surface area contributed by atoms with Crippen molar-refractivity contribution in [2.45, 2.75) is 19.8 Å². The van der Waals surface area contributed by atoms with E-state index in [1.807, 2.05) is 6.92 Å². The fraction of sp³-hybridized carbons (Fsp3) is 0.300. The number of nitrogens with zero attached hydrogens (tertiary/aromatic N) is 1. The molecule has 6 nitrogen and oxygen atoms in total. The minimum atomic E-state index is -1.27. The average molecular weight is 355 g/mol. The first kappa shape index (κ1) is 19.3. The van der Waals surface area contributed by atoms with Gasteiger partial charge in [-0.15, -0.1) is 0 Å². The second kappa shape index (κ2) is 8.89. The SMILES string of the molecule is CCOC(=O)C(C(=O)c1ccccc1)[C@@H](C[N+](=O)[O-])c1ccc(C)cc1. The van der Waals surface area contributed by atoms with Crippen molar-refractivity contribution in [1.82, 2.24) is 0 Å². The lowest BCUT2D eigenvalue weighted by molar-refractivity contribution is -0.484. The van der Waals surface area contributed by atoms with E-state index in [0.717, 1.165) is 5.56 Å². The number of hydrogen-bond acceptors (Lipinski definition) is 5. The Hall–Kier alpha value is -3.02. The molecule has 0 amide bonds. The molecule has 2 aromatic carbocycles. The molecular formula is C20H21NO5. The Balaban J connectivity index is 2.50. The number of esters is 1. The Morgan fingerprint density at radius 2 is 1.69 bits per heavy atom. The van der Waals surface area contributed by atoms with Crippen molar-refractivity contribution in [2.75, 3.05) is 13.2 Å². The van der Waals surface area contributed by atoms with Gasteiger partial charge in [0, 0.05) is 10.5 Å². The van der Waals surface area contributed by atoms with Crippen LogP contribution in [0.2, 0.25) is 0 Å². The third-order valence-corrected chi connectivity index (χ3v) is 4.13. The van der Waals surface area contributed by atoms with Crippen molar-refractivity contribution < 1.29 is 19.2 Å². The Bertz CT molecular complexity index is 771. The van der Waals surface area contributed by atoms with Crippen molar-refractivity contribution in [1.29, 1.82) is 0 Å². The number of carbonyl (C=O) groups excluding carboxylic acids is 2. The minimum absolute atomic E-state index is 0.0937. The van der Waals surface area contributed by atoms with E-state index < -0.39 is 35.1 Å². The maximum absolute atomic E-state index is 13.0. The van der Waals surface area contributed by atoms with Gasteiger partial charge >= 0.3 is 5.97 Å². The molecule has 0 spiro atoms. The maximum atomic E-state index is 13.0. The van der Waals surface area contributed by atoms with Gasteiger partial charge in [-0.2, -0.15) is 0 Å². The van der Waals surface area contributed by atoms with Crippen LogP contribution < -0.4 is 0 Å². The largest absolute Gasteiger partial charge is 0.465 e. The first-order chi connectivity index (χ1) is 12.4. The highest BCUT2D eigenvalue weighted by Crippen LogP contribution is 2.30. The number of aryl methyl sites for hydroxylation is 1. The van der Waals surface area contributed by atoms with Crippen LogP contribution in [0.5, 0.6) is 0 Å². The molecule has 0 N–H and O–H groups in total. The molecule has 0 heterocycles. The van der Waals surface area contributed by atoms with Gasteiger partial charge in [-0.05, 0) is 19.4 Å². The standard InChI is InChI=1S/C20H21NO5/c1-3-26-20(23)18(19(22)16-7-5-4-6-8-16)17(13-21(24)25)15-11-9-14(2)10-12-15/h4-12,17-18H,3,13H2,1-2H3/t17-,18?/m0/s1. The number of benzene rings is 2. The Kier molecular flexibility index (Phi) is 6.60. The van der Waals surface area contributed by atoms with E-state index in [2.05, 4.69) is 0 Å². The predicted octanol–water partition coefficient (Wildman–Crippen LogP) is 3.42. The van der Waals surface area contributed by atoms with Crippen LogP contribution in [0.3, 0.4) is 0 Å². The number of ether oxygens (including phenoxy) is 1. The lowest BCUT2D eigenvalue weighted by atomic mass is 9.81. The number of Topliss-reactive ketones (excluding diaryl/α,β-unsaturated/α-hetero) is 1. The molecule has 0 fully saturated rings. The summed E-state index contributed by atoms with van der Waals surface area (Å²) < 4.78 is 5.07. The van der Waals surface area contributed by atoms with Crippen LogP contribution in [0.4, 0.5) is 0 Å². The van der Waals surface area contributed by atoms with Crippen molar-refractivity contribution in [3.8, 4) is 0 Å². The Labute approximate surface area is 151 Å². The first-order valence-corrected chi connectivity index (χ1v) is 8.38. The monoisotopic (exact) mass is 355 g/mol. The second-order valence-electron chi connectivity index (χ2n) is 5.99. The van der Waals surface area contributed by atoms with Gasteiger partial charge in [0.05, 0.1) is 12.5 Å². The zero-order valence-electron chi connectivity index (χ0n) is 14.8. The Morgan fingerprint density at radius 3 is 2.23 bits per heavy atom. The van der Waals surface area contributed by atoms with Gasteiger partial charge in [-0.3, -0.25) is 19.7 Å². The van der Waals surface area contributed by atoms with E-state index in [4.69, 9.17) is 4.74 Å². The predicted molar refractivity (Wildman–Crippen MR) is 96.7 cm³/mol. The van der Waals surface area contributed by atoms with Gasteiger partial charge in [-0.1, -0.05) is 60.2 Å². The topological polar surface area (TPSA) is 86.5 Å². The highest BCUT2D eigenvalue weighted by molar-refractivity contribution is 6.09. The van der Waals surface area contributed by atoms with E-state index in [9.17, 15) is 19.7 Å². The summed E-state index contributed by atoms with van der Waals surface area (Å²) in [6.45, 7) is 3.09. The summed E-state index contributed by atoms with van der Waals surface area (Å²) in [5.74, 6) is -3.40. The minimum Gasteiger partial charge on any atom is -0.465 e. The van der Waals surface area contributed by atoms with Crippen molar-refractivity contribution in [2.24, 2.45) is 5.92 Å². The van der Waals surface area contributed by atoms with Crippen LogP contribution in [0.1, 0.15) is 34.3 Å². The van der Waals surface area contributed by atoms with Crippen LogP contribution in [0.15, 0.2) is 54.6 Å². The number of ketones is 1. The number of nitro groups is 1. The van der Waals surface area contributed by atoms with Crippen LogP contribution in [-0.4, -0.2) is 29.8 Å². The van der Waals surface area contributed by atoms with E-state index in [-0.39, 0.29) is 6.61 Å². The maximum Gasteiger partial charge on any atom is 0.317 e. The molecule has 0 bridgehead atoms. The molecule has 1 unspecified atom stereocenters. The molecule has 0 saturated heterocycles. The summed E-state index contributed by atoms with van der Waals surface area (Å²) in [5.41, 5.74) is 1.87. The van der Waals surface area contributed by atoms with E-state index >= 15 is 0 Å². The van der Waals surface area contributed by atoms with Gasteiger partial charge in [-0.25, -0.2) is 0 Å². The fourth-order valence-electron chi connectivity index (χ4n) is 2.85. The molecule has 2 rings (SSSR count). The van der Waals surface area contributed by atoms with E-state index in [1.54, 1.807) is 61.5 Å². The van der Waals surface area contributed by atoms with Gasteiger partial charge in [0.1, 0.15) is 5.92 Å². The highest BCUT2D eigenvalue weighted by Gasteiger charge is 2.40. The summed E-state index contributed by atoms with van der Waals surface area (Å²) in [6, 6.07) is 15.3. The molecular weight excluding hydrogens is 334 g/mol. The fourth-order valence-corrected chi connectivity index (χ4v) is 2.85. The first-order valence-electron chi connectivity index (χ1n) is 8.38. The summed E-state index contributed by atoms with van der Waals surface area (Å²) in [7, 11) is 0. The van der Waals surface area contributed by atoms with Crippen LogP contribution in [0, 0.1) is 23.0 Å². The Morgan fingerprint density at radius 1 is 1.08 bits per heavy atom. The molecule has 2 aromatic rings. The molecule has 6 heteroatoms. The number of carbonyl (C=O) groups is 2. The molecule has 26 heavy (non-hydrogen) atoms. The van der Waals surface area contributed by atoms with Gasteiger partial charge in [0.2, 0.25) is 6.54 Å². The van der Waals surface area contributed by atoms with Gasteiger partial charge < -0.3 is 4.74 Å². The summed E-state index contributed by atoms with van der Waals surface area (Å²) in [4.78, 5) is 36.3. The molecule has 2 atom stereocenters. The third-order valence-electron chi connectivity index (χ3n) is 4.13. The zero-order valence-corrected chi connectivity index (χ0v) is 14.8. The van der Waals surface area contributed by atoms with Crippen LogP contribution >= 0.6 is 0 Å². The van der Waals surface area contributed by atoms with Crippen LogP contribution in [-0.2, 0) is 9.53 Å². The van der Waals surface area contributed by atoms with Crippen molar-refractivity contribution in [3.63, 3.8) is 0 Å². The molecule has 0 aliphatic heterocycles. The van der Waals surface area contributed by atoms with E-state index in [1.165, 1.54) is 0 Å². The second-order valence-corrected chi connectivity index (χ2v) is 5.99. The molecule has 0 radical (unpaired) electrons. The molecule has 0 aromatic heterocycles. The highest BCUT2D eigenvalue weighted by atomic mass is 16.6. The number of rotatable bonds is 8. The van der Waals surface area contributed by atoms with Crippen molar-refractivity contribution in [3.05, 3.63) is 81.4 Å². The smallest absolute Gasteiger partial charge is 0.317 e. The third kappa shape index (κ3) is 4.75. The van der Waals surface area contributed by atoms with Crippen molar-refractivity contribution >= 4 is 11.8 Å². The normalized spacial score (nSPS) is 12.8. The molecule has 0 saturated carbocycles. The van der Waals surface area contributed by atoms with Gasteiger partial charge in [0.15, 0.2) is 5.78 Å². The van der Waals surface area contributed by atoms with Crippen LogP contribution in [0.25, 0.3) is 0 Å². The molecule has 0 aliphatic rings. The lowest BCUT2D eigenvalue weighted by Crippen LogP contribution is -2.35. The zero-order chi connectivity index (χ0) is 19.1. The lowest BCUT2D eigenvalue weighted by Gasteiger charge is -2.22. The molecule has 136 valence electrons. The average Bonchev–Trinajstić information content (AvgIpc) is 2.62. The quantitative estimate of drug-likeness (QED) is 0.238. The summed E-state index contributed by atoms with van der Waals surface area (Å²) >= 11 is 0. The number of hydrogen-bond donors (Lipinski definition) is 0. The summed E-state index contributed by atoms with van der Waals surface area (Å²) in [5, 5.41) is 11.2. The molecule has 0 aliphatic carbocycles. The van der Waals surface area contributed by atoms with Gasteiger partial charge in [0.25, 0.3) is 0 Å². The summed E-state index contributed by atoms with van der Waals surface area (Å²) in [6.07, 6.45) is 0.